The molecule has 96 heavy (non-hydrogen) atoms. The van der Waals surface area contributed by atoms with E-state index in [2.05, 4.69) is 0 Å². The molecule has 2 saturated heterocycles. The fourth-order valence-electron chi connectivity index (χ4n) is 17.5. The number of allylic oxidation sites excluding steroid dienone is 10. The fourth-order valence-corrected chi connectivity index (χ4v) is 17.5. The largest absolute Gasteiger partial charge is 0.460 e. The molecule has 0 radical (unpaired) electrons. The van der Waals surface area contributed by atoms with Gasteiger partial charge in [-0.15, -0.1) is 0 Å². The number of Topliss-reactive ketones (excluding diaryl/α,β-unsaturated/α-hetero) is 4. The van der Waals surface area contributed by atoms with Crippen LogP contribution < -0.4 is 0 Å². The van der Waals surface area contributed by atoms with Gasteiger partial charge in [0.2, 0.25) is 11.6 Å². The monoisotopic (exact) mass is 1350 g/mol. The summed E-state index contributed by atoms with van der Waals surface area (Å²) in [6, 6.07) is -1.14. The molecule has 20 nitrogen and oxygen atoms in total. The van der Waals surface area contributed by atoms with Gasteiger partial charge in [-0.25, -0.2) is 9.18 Å². The van der Waals surface area contributed by atoms with Crippen LogP contribution in [0.25, 0.3) is 0 Å². The van der Waals surface area contributed by atoms with E-state index >= 15 is 4.39 Å². The van der Waals surface area contributed by atoms with Crippen LogP contribution >= 0.6 is 0 Å². The predicted octanol–water partition coefficient (Wildman–Crippen LogP) is 8.65. The number of alkyl halides is 1. The number of esters is 2. The van der Waals surface area contributed by atoms with E-state index in [0.29, 0.717) is 88.2 Å². The van der Waals surface area contributed by atoms with Crippen molar-refractivity contribution in [1.82, 2.24) is 4.90 Å². The van der Waals surface area contributed by atoms with Gasteiger partial charge in [-0.2, -0.15) is 0 Å². The van der Waals surface area contributed by atoms with Crippen molar-refractivity contribution in [3.8, 4) is 0 Å². The Hall–Kier alpha value is -5.23. The van der Waals surface area contributed by atoms with Gasteiger partial charge >= 0.3 is 11.9 Å². The Bertz CT molecular complexity index is 3040. The van der Waals surface area contributed by atoms with Crippen LogP contribution in [0.2, 0.25) is 0 Å². The lowest BCUT2D eigenvalue weighted by molar-refractivity contribution is -0.265. The SMILES string of the molecule is CC(=O)OCC(=O)[C@@]1(O)[C@H](C)C[C@H]2[C@@H]3CCC4=CC(=O)C=C[C@]4(C)[C@@]3(F)C(O)C[C@@]21C.CO[C@H]1C[C@@H]2CC[C@@H](C)[C@@](O)(O2)C(=O)C(=O)N2CCCC[C@H]2C(=O)O[C@H]([C@H](C)C[C@@H]2CC[C@@H](O)[C@H](OC)C2)CC(=O)[C@H](C)/C=C(\C)[C@@H](O)[C@@H](OC)C(=O)[C@H](C)C[C@H](C)/C=C/C=C/C=C/1C. The molecule has 0 aromatic heterocycles. The first-order valence-electron chi connectivity index (χ1n) is 34.9. The maximum absolute atomic E-state index is 17.0. The number of methoxy groups -OCH3 is 3. The molecule has 6 fully saturated rings. The molecule has 5 N–H and O–H groups in total. The fraction of sp³-hybridized carbons (Fsp3) is 0.733. The number of aliphatic hydroxyl groups excluding tert-OH is 3. The number of cyclic esters (lactones) is 1. The van der Waals surface area contributed by atoms with Gasteiger partial charge in [0.05, 0.1) is 30.5 Å². The molecular formula is C75H110FNO19. The zero-order chi connectivity index (χ0) is 71.2. The number of amides is 1. The van der Waals surface area contributed by atoms with E-state index in [1.807, 2.05) is 58.1 Å². The minimum atomic E-state index is -2.43. The second-order valence-corrected chi connectivity index (χ2v) is 30.0. The third-order valence-corrected chi connectivity index (χ3v) is 23.5. The molecule has 0 aromatic rings. The highest BCUT2D eigenvalue weighted by atomic mass is 19.1. The number of ether oxygens (including phenoxy) is 6. The molecule has 21 heteroatoms. The number of rotatable bonds is 9. The van der Waals surface area contributed by atoms with Crippen LogP contribution in [0, 0.1) is 64.1 Å². The summed E-state index contributed by atoms with van der Waals surface area (Å²) in [5.41, 5.74) is -4.06. The average Bonchev–Trinajstić information content (AvgIpc) is 1.36. The molecule has 3 heterocycles. The van der Waals surface area contributed by atoms with E-state index in [4.69, 9.17) is 28.4 Å². The van der Waals surface area contributed by atoms with E-state index in [0.717, 1.165) is 12.0 Å². The Labute approximate surface area is 566 Å². The first kappa shape index (κ1) is 78.1. The first-order valence-corrected chi connectivity index (χ1v) is 34.9. The molecule has 4 saturated carbocycles. The number of carbonyl (C=O) groups is 8. The molecule has 2 bridgehead atoms. The highest BCUT2D eigenvalue weighted by Gasteiger charge is 2.75. The summed E-state index contributed by atoms with van der Waals surface area (Å²) in [6.07, 6.45) is 15.5. The summed E-state index contributed by atoms with van der Waals surface area (Å²) in [5, 5.41) is 56.7. The molecule has 0 aromatic carbocycles. The van der Waals surface area contributed by atoms with Gasteiger partial charge < -0.3 is 58.9 Å². The molecule has 0 spiro atoms. The molecule has 536 valence electrons. The normalized spacial score (nSPS) is 43.0. The van der Waals surface area contributed by atoms with Gasteiger partial charge in [-0.05, 0) is 164 Å². The average molecular weight is 1350 g/mol. The Morgan fingerprint density at radius 1 is 0.812 bits per heavy atom. The third kappa shape index (κ3) is 16.2. The van der Waals surface area contributed by atoms with Crippen LogP contribution in [0.15, 0.2) is 71.4 Å². The van der Waals surface area contributed by atoms with Crippen molar-refractivity contribution in [2.75, 3.05) is 34.5 Å². The quantitative estimate of drug-likeness (QED) is 0.0819. The molecule has 5 aliphatic carbocycles. The van der Waals surface area contributed by atoms with Crippen LogP contribution in [0.4, 0.5) is 4.39 Å². The van der Waals surface area contributed by atoms with Gasteiger partial charge in [-0.3, -0.25) is 33.6 Å². The maximum atomic E-state index is 17.0. The minimum Gasteiger partial charge on any atom is -0.460 e. The van der Waals surface area contributed by atoms with Crippen molar-refractivity contribution in [2.24, 2.45) is 64.1 Å². The van der Waals surface area contributed by atoms with Crippen molar-refractivity contribution in [3.63, 3.8) is 0 Å². The van der Waals surface area contributed by atoms with Crippen LogP contribution in [-0.4, -0.2) is 184 Å². The van der Waals surface area contributed by atoms with Gasteiger partial charge in [0.15, 0.2) is 23.8 Å². The van der Waals surface area contributed by atoms with Crippen LogP contribution in [0.3, 0.4) is 0 Å². The maximum Gasteiger partial charge on any atom is 0.329 e. The summed E-state index contributed by atoms with van der Waals surface area (Å²) < 4.78 is 51.2. The van der Waals surface area contributed by atoms with Gasteiger partial charge in [0, 0.05) is 82.1 Å². The van der Waals surface area contributed by atoms with Gasteiger partial charge in [-0.1, -0.05) is 96.6 Å². The van der Waals surface area contributed by atoms with Crippen molar-refractivity contribution in [3.05, 3.63) is 71.4 Å². The predicted molar refractivity (Wildman–Crippen MR) is 355 cm³/mol. The van der Waals surface area contributed by atoms with Crippen molar-refractivity contribution in [1.29, 1.82) is 0 Å². The van der Waals surface area contributed by atoms with Gasteiger partial charge in [0.1, 0.15) is 35.7 Å². The Morgan fingerprint density at radius 2 is 1.52 bits per heavy atom. The number of hydrogen-bond donors (Lipinski definition) is 5. The first-order chi connectivity index (χ1) is 45.1. The lowest BCUT2D eigenvalue weighted by Crippen LogP contribution is -2.69. The van der Waals surface area contributed by atoms with Crippen molar-refractivity contribution < 1.29 is 96.7 Å². The number of nitrogens with zero attached hydrogens (tertiary/aromatic N) is 1. The number of carbonyl (C=O) groups excluding carboxylic acids is 8. The van der Waals surface area contributed by atoms with Crippen molar-refractivity contribution >= 4 is 46.8 Å². The highest BCUT2D eigenvalue weighted by Crippen LogP contribution is 2.71. The lowest BCUT2D eigenvalue weighted by atomic mass is 9.44. The summed E-state index contributed by atoms with van der Waals surface area (Å²) in [4.78, 5) is 108. The van der Waals surface area contributed by atoms with E-state index in [9.17, 15) is 63.9 Å². The van der Waals surface area contributed by atoms with Crippen molar-refractivity contribution in [2.45, 2.75) is 251 Å². The topological polar surface area (TPSA) is 296 Å². The molecule has 1 unspecified atom stereocenters. The molecule has 3 aliphatic heterocycles. The number of aliphatic hydroxyl groups is 5. The summed E-state index contributed by atoms with van der Waals surface area (Å²) in [5.74, 6) is -10.8. The smallest absolute Gasteiger partial charge is 0.329 e. The Kier molecular flexibility index (Phi) is 26.4. The number of halogens is 1. The van der Waals surface area contributed by atoms with Crippen LogP contribution in [-0.2, 0) is 66.8 Å². The number of piperidine rings is 1. The minimum absolute atomic E-state index is 0.0193. The number of ketones is 5. The molecule has 8 aliphatic rings. The Balaban J connectivity index is 0.000000346. The highest BCUT2D eigenvalue weighted by molar-refractivity contribution is 6.39. The second kappa shape index (κ2) is 32.4. The molecule has 1 amide bonds. The zero-order valence-electron chi connectivity index (χ0n) is 59.1. The third-order valence-electron chi connectivity index (χ3n) is 23.5. The molecule has 8 rings (SSSR count). The standard InChI is InChI=1S/C51H79NO13.C24H31FO6/c1-30-16-12-11-13-17-31(2)42(61-8)28-38-21-19-36(7)51(60,65-38)48(57)49(58)52-23-15-14-18-39(52)50(59)64-43(33(4)26-37-20-22-40(53)44(27-37)62-9)29-41(54)32(3)25-35(6)46(56)47(63-10)45(55)34(5)24-30;1-13-9-18-17-6-5-15-10-16(27)7-8-21(15,3)23(17,25)19(28)11-22(18,4)24(13,30)20(29)12-31-14(2)26/h11-13,16-17,25,30,32-34,36-40,42-44,46-47,53,56,60H,14-15,18-24,26-29H2,1-10H3;7-8,10,13,17-19,28,30H,5-6,9,11-12H2,1-4H3/b13-11+,16-12+,31-17+,35-25+;/t30-,32-,33-,34-,36-,37+,38+,39+,40-,42+,43+,44-,46-,47+,51-;13-,17+,18+,19?,21+,22+,23+,24+/m11/s1. The summed E-state index contributed by atoms with van der Waals surface area (Å²) in [6.45, 7) is 18.6. The summed E-state index contributed by atoms with van der Waals surface area (Å²) in [7, 11) is 4.52. The van der Waals surface area contributed by atoms with E-state index < -0.39 is 142 Å². The van der Waals surface area contributed by atoms with E-state index in [1.54, 1.807) is 67.9 Å². The molecule has 23 atom stereocenters. The number of hydrogen-bond acceptors (Lipinski definition) is 19. The van der Waals surface area contributed by atoms with E-state index in [1.165, 1.54) is 31.1 Å². The lowest BCUT2D eigenvalue weighted by Gasteiger charge is -2.62. The zero-order valence-corrected chi connectivity index (χ0v) is 59.1. The van der Waals surface area contributed by atoms with Gasteiger partial charge in [0.25, 0.3) is 11.7 Å². The molecular weight excluding hydrogens is 1240 g/mol. The number of fused-ring (bicyclic) bond motifs is 8. The van der Waals surface area contributed by atoms with Crippen LogP contribution in [0.5, 0.6) is 0 Å². The second-order valence-electron chi connectivity index (χ2n) is 30.0. The Morgan fingerprint density at radius 3 is 2.19 bits per heavy atom. The summed E-state index contributed by atoms with van der Waals surface area (Å²) >= 11 is 0. The van der Waals surface area contributed by atoms with E-state index in [-0.39, 0.29) is 72.9 Å². The van der Waals surface area contributed by atoms with Crippen LogP contribution in [0.1, 0.15) is 179 Å².